The van der Waals surface area contributed by atoms with Crippen molar-refractivity contribution in [2.45, 2.75) is 107 Å². The number of hydrogen-bond acceptors (Lipinski definition) is 10. The molecular formula is C29H36O10. The lowest BCUT2D eigenvalue weighted by atomic mass is 9.65. The Balaban J connectivity index is 1.31. The molecule has 0 aromatic heterocycles. The molecule has 12 atom stereocenters. The molecule has 4 spiro atoms. The van der Waals surface area contributed by atoms with Crippen molar-refractivity contribution >= 4 is 17.7 Å². The van der Waals surface area contributed by atoms with Crippen molar-refractivity contribution in [3.8, 4) is 0 Å². The molecule has 2 saturated carbocycles. The molecule has 5 saturated heterocycles. The highest BCUT2D eigenvalue weighted by atomic mass is 16.8. The maximum atomic E-state index is 14.0. The molecule has 39 heavy (non-hydrogen) atoms. The van der Waals surface area contributed by atoms with Crippen LogP contribution in [0.1, 0.15) is 72.6 Å². The van der Waals surface area contributed by atoms with Crippen LogP contribution in [0.15, 0.2) is 11.3 Å². The zero-order chi connectivity index (χ0) is 27.5. The number of rotatable bonds is 1. The number of fused-ring (bicyclic) bond motifs is 1. The summed E-state index contributed by atoms with van der Waals surface area (Å²) in [5.41, 5.74) is -3.16. The van der Waals surface area contributed by atoms with Crippen molar-refractivity contribution in [1.29, 1.82) is 0 Å². The summed E-state index contributed by atoms with van der Waals surface area (Å²) in [4.78, 5) is 39.4. The largest absolute Gasteiger partial charge is 0.507 e. The number of aliphatic hydroxyl groups excluding tert-OH is 2. The van der Waals surface area contributed by atoms with Crippen LogP contribution >= 0.6 is 0 Å². The molecule has 12 unspecified atom stereocenters. The smallest absolute Gasteiger partial charge is 0.311 e. The van der Waals surface area contributed by atoms with Gasteiger partial charge in [0.1, 0.15) is 23.1 Å². The summed E-state index contributed by atoms with van der Waals surface area (Å²) < 4.78 is 32.3. The second-order valence-corrected chi connectivity index (χ2v) is 14.1. The number of esters is 2. The molecule has 6 aliphatic heterocycles. The predicted molar refractivity (Wildman–Crippen MR) is 130 cm³/mol. The Morgan fingerprint density at radius 1 is 1.05 bits per heavy atom. The molecule has 0 aromatic carbocycles. The summed E-state index contributed by atoms with van der Waals surface area (Å²) in [6.45, 7) is 7.23. The van der Waals surface area contributed by atoms with E-state index >= 15 is 0 Å². The molecule has 2 aliphatic carbocycles. The number of hydrogen-bond donors (Lipinski definition) is 2. The third kappa shape index (κ3) is 2.50. The van der Waals surface area contributed by atoms with Gasteiger partial charge < -0.3 is 29.2 Å². The standard InChI is InChI=1S/C29H36O10/c1-13-10-28(37-23(13)34)19-14(2)21(32)24(3)7-8-26-11-27-16(25(4,12-30)35-17(27)9-18(31)36-27)6-5-15(26)22(33)29(38-26,39-28)20(19)24/h13-14,16-17,19-20,30,33H,5-12H2,1-4H3. The average Bonchev–Trinajstić information content (AvgIpc) is 3.55. The van der Waals surface area contributed by atoms with Crippen LogP contribution in [0.3, 0.4) is 0 Å². The van der Waals surface area contributed by atoms with Crippen molar-refractivity contribution < 1.29 is 48.3 Å². The van der Waals surface area contributed by atoms with Crippen LogP contribution in [0.25, 0.3) is 0 Å². The number of ketones is 1. The first-order valence-electron chi connectivity index (χ1n) is 14.4. The fourth-order valence-corrected chi connectivity index (χ4v) is 10.6. The van der Waals surface area contributed by atoms with Crippen molar-refractivity contribution in [3.05, 3.63) is 11.3 Å². The molecule has 6 heterocycles. The van der Waals surface area contributed by atoms with Crippen molar-refractivity contribution in [1.82, 2.24) is 0 Å². The molecule has 212 valence electrons. The maximum Gasteiger partial charge on any atom is 0.311 e. The van der Waals surface area contributed by atoms with E-state index in [4.69, 9.17) is 23.7 Å². The van der Waals surface area contributed by atoms with Crippen LogP contribution < -0.4 is 0 Å². The van der Waals surface area contributed by atoms with Gasteiger partial charge in [0.05, 0.1) is 24.5 Å². The van der Waals surface area contributed by atoms with E-state index in [1.807, 2.05) is 20.8 Å². The van der Waals surface area contributed by atoms with Gasteiger partial charge in [-0.25, -0.2) is 0 Å². The van der Waals surface area contributed by atoms with Gasteiger partial charge >= 0.3 is 11.9 Å². The summed E-state index contributed by atoms with van der Waals surface area (Å²) in [6.07, 6.45) is 1.95. The average molecular weight is 545 g/mol. The molecule has 8 rings (SSSR count). The summed E-state index contributed by atoms with van der Waals surface area (Å²) in [5, 5.41) is 22.5. The molecule has 2 bridgehead atoms. The minimum Gasteiger partial charge on any atom is -0.507 e. The van der Waals surface area contributed by atoms with Crippen LogP contribution in [-0.4, -0.2) is 69.0 Å². The van der Waals surface area contributed by atoms with Crippen LogP contribution in [-0.2, 0) is 38.1 Å². The molecule has 10 heteroatoms. The van der Waals surface area contributed by atoms with E-state index in [1.165, 1.54) is 0 Å². The second-order valence-electron chi connectivity index (χ2n) is 14.1. The Hall–Kier alpha value is -2.01. The molecule has 0 amide bonds. The lowest BCUT2D eigenvalue weighted by molar-refractivity contribution is -0.322. The van der Waals surface area contributed by atoms with Gasteiger partial charge in [0.25, 0.3) is 0 Å². The summed E-state index contributed by atoms with van der Waals surface area (Å²) in [7, 11) is 0. The fraction of sp³-hybridized carbons (Fsp3) is 0.828. The van der Waals surface area contributed by atoms with Gasteiger partial charge in [-0.15, -0.1) is 0 Å². The van der Waals surface area contributed by atoms with E-state index in [-0.39, 0.29) is 55.3 Å². The minimum absolute atomic E-state index is 0.0262. The zero-order valence-corrected chi connectivity index (χ0v) is 22.8. The van der Waals surface area contributed by atoms with E-state index < -0.39 is 63.6 Å². The van der Waals surface area contributed by atoms with Gasteiger partial charge in [-0.2, -0.15) is 0 Å². The van der Waals surface area contributed by atoms with Gasteiger partial charge in [-0.1, -0.05) is 20.8 Å². The first kappa shape index (κ1) is 24.8. The maximum absolute atomic E-state index is 14.0. The SMILES string of the molecule is CC1CC2(OC1=O)OC13OC4(CCC5(C)C(=O)C(C)C2C51)CC12OC(=O)CC1OC(C)(CO)C2CCC4=C3O. The van der Waals surface area contributed by atoms with E-state index in [0.29, 0.717) is 31.3 Å². The van der Waals surface area contributed by atoms with Gasteiger partial charge in [-0.3, -0.25) is 19.1 Å². The number of Topliss-reactive ketones (excluding diaryl/α,β-unsaturated/α-hetero) is 1. The van der Waals surface area contributed by atoms with Crippen molar-refractivity contribution in [3.63, 3.8) is 0 Å². The predicted octanol–water partition coefficient (Wildman–Crippen LogP) is 2.46. The molecule has 7 fully saturated rings. The van der Waals surface area contributed by atoms with Crippen LogP contribution in [0.4, 0.5) is 0 Å². The first-order valence-corrected chi connectivity index (χ1v) is 14.4. The fourth-order valence-electron chi connectivity index (χ4n) is 10.6. The van der Waals surface area contributed by atoms with Gasteiger partial charge in [0.2, 0.25) is 11.6 Å². The topological polar surface area (TPSA) is 138 Å². The third-order valence-corrected chi connectivity index (χ3v) is 12.1. The summed E-state index contributed by atoms with van der Waals surface area (Å²) in [5.74, 6) is -5.82. The van der Waals surface area contributed by atoms with Gasteiger partial charge in [-0.05, 0) is 32.6 Å². The monoisotopic (exact) mass is 544 g/mol. The van der Waals surface area contributed by atoms with Gasteiger partial charge in [0, 0.05) is 47.5 Å². The summed E-state index contributed by atoms with van der Waals surface area (Å²) >= 11 is 0. The highest BCUT2D eigenvalue weighted by Gasteiger charge is 2.84. The van der Waals surface area contributed by atoms with Gasteiger partial charge in [0.15, 0.2) is 5.76 Å². The third-order valence-electron chi connectivity index (χ3n) is 12.1. The first-order chi connectivity index (χ1) is 18.3. The Kier molecular flexibility index (Phi) is 4.37. The molecule has 2 N–H and O–H groups in total. The Labute approximate surface area is 226 Å². The van der Waals surface area contributed by atoms with Crippen molar-refractivity contribution in [2.75, 3.05) is 6.61 Å². The van der Waals surface area contributed by atoms with Crippen LogP contribution in [0.2, 0.25) is 0 Å². The van der Waals surface area contributed by atoms with E-state index in [2.05, 4.69) is 0 Å². The normalized spacial score (nSPS) is 58.6. The lowest BCUT2D eigenvalue weighted by Crippen LogP contribution is -2.52. The van der Waals surface area contributed by atoms with Crippen molar-refractivity contribution in [2.24, 2.45) is 35.0 Å². The Bertz CT molecular complexity index is 1280. The number of aliphatic hydroxyl groups is 2. The Morgan fingerprint density at radius 3 is 2.51 bits per heavy atom. The molecule has 8 aliphatic rings. The molecule has 0 aromatic rings. The van der Waals surface area contributed by atoms with Crippen LogP contribution in [0.5, 0.6) is 0 Å². The lowest BCUT2D eigenvalue weighted by Gasteiger charge is -2.41. The second kappa shape index (κ2) is 6.89. The minimum atomic E-state index is -1.64. The van der Waals surface area contributed by atoms with Crippen LogP contribution in [0, 0.1) is 35.0 Å². The number of ether oxygens (including phenoxy) is 5. The highest BCUT2D eigenvalue weighted by Crippen LogP contribution is 2.74. The summed E-state index contributed by atoms with van der Waals surface area (Å²) in [6, 6.07) is 0. The van der Waals surface area contributed by atoms with E-state index in [1.54, 1.807) is 6.92 Å². The van der Waals surface area contributed by atoms with E-state index in [9.17, 15) is 24.6 Å². The highest BCUT2D eigenvalue weighted by molar-refractivity contribution is 5.91. The molecular weight excluding hydrogens is 508 g/mol. The molecule has 10 nitrogen and oxygen atoms in total. The quantitative estimate of drug-likeness (QED) is 0.474. The molecule has 0 radical (unpaired) electrons. The van der Waals surface area contributed by atoms with E-state index in [0.717, 1.165) is 0 Å². The number of carbonyl (C=O) groups excluding carboxylic acids is 3. The zero-order valence-electron chi connectivity index (χ0n) is 22.8. The number of carbonyl (C=O) groups is 3. The Morgan fingerprint density at radius 2 is 1.82 bits per heavy atom.